The molecule has 2 aromatic carbocycles. The Morgan fingerprint density at radius 1 is 1.19 bits per heavy atom. The zero-order valence-electron chi connectivity index (χ0n) is 18.1. The summed E-state index contributed by atoms with van der Waals surface area (Å²) in [5, 5.41) is 3.88. The molecule has 3 aromatic rings. The van der Waals surface area contributed by atoms with Crippen molar-refractivity contribution in [1.82, 2.24) is 14.4 Å². The monoisotopic (exact) mass is 456 g/mol. The molecule has 4 rings (SSSR count). The van der Waals surface area contributed by atoms with Crippen LogP contribution < -0.4 is 9.64 Å². The number of anilines is 1. The highest BCUT2D eigenvalue weighted by atomic mass is 32.2. The normalized spacial score (nSPS) is 13.8. The van der Waals surface area contributed by atoms with Gasteiger partial charge in [-0.2, -0.15) is 4.98 Å². The number of hydrogen-bond donors (Lipinski definition) is 0. The Kier molecular flexibility index (Phi) is 5.98. The van der Waals surface area contributed by atoms with Crippen molar-refractivity contribution in [3.05, 3.63) is 53.9 Å². The summed E-state index contributed by atoms with van der Waals surface area (Å²) < 4.78 is 36.7. The summed E-state index contributed by atoms with van der Waals surface area (Å²) in [5.41, 5.74) is 2.35. The van der Waals surface area contributed by atoms with Crippen LogP contribution in [0.15, 0.2) is 51.9 Å². The van der Waals surface area contributed by atoms with Gasteiger partial charge in [0.2, 0.25) is 21.7 Å². The van der Waals surface area contributed by atoms with Crippen molar-refractivity contribution in [2.75, 3.05) is 32.1 Å². The van der Waals surface area contributed by atoms with Crippen LogP contribution in [-0.4, -0.2) is 56.0 Å². The number of benzene rings is 2. The van der Waals surface area contributed by atoms with Gasteiger partial charge in [-0.1, -0.05) is 5.16 Å². The topological polar surface area (TPSA) is 106 Å². The third-order valence-corrected chi connectivity index (χ3v) is 7.06. The highest BCUT2D eigenvalue weighted by Gasteiger charge is 2.26. The van der Waals surface area contributed by atoms with Crippen LogP contribution in [0.2, 0.25) is 0 Å². The number of carbonyl (C=O) groups excluding carboxylic acids is 1. The molecular weight excluding hydrogens is 432 g/mol. The van der Waals surface area contributed by atoms with Crippen molar-refractivity contribution in [3.8, 4) is 17.1 Å². The molecule has 2 heterocycles. The zero-order chi connectivity index (χ0) is 22.9. The molecule has 0 fully saturated rings. The fourth-order valence-corrected chi connectivity index (χ4v) is 4.50. The van der Waals surface area contributed by atoms with Gasteiger partial charge in [0.25, 0.3) is 5.91 Å². The Bertz CT molecular complexity index is 1240. The summed E-state index contributed by atoms with van der Waals surface area (Å²) in [6, 6.07) is 12.0. The van der Waals surface area contributed by atoms with E-state index >= 15 is 0 Å². The maximum atomic E-state index is 12.9. The average Bonchev–Trinajstić information content (AvgIpc) is 3.23. The largest absolute Gasteiger partial charge is 0.484 e. The van der Waals surface area contributed by atoms with Crippen molar-refractivity contribution < 1.29 is 22.5 Å². The molecule has 0 unspecified atom stereocenters. The van der Waals surface area contributed by atoms with Gasteiger partial charge in [-0.25, -0.2) is 12.7 Å². The number of nitrogens with zero attached hydrogens (tertiary/aromatic N) is 4. The van der Waals surface area contributed by atoms with Gasteiger partial charge >= 0.3 is 0 Å². The molecule has 32 heavy (non-hydrogen) atoms. The van der Waals surface area contributed by atoms with E-state index in [1.54, 1.807) is 54.3 Å². The molecule has 0 saturated carbocycles. The Hall–Kier alpha value is -3.24. The summed E-state index contributed by atoms with van der Waals surface area (Å²) >= 11 is 0. The minimum absolute atomic E-state index is 0.127. The number of hydrogen-bond acceptors (Lipinski definition) is 7. The summed E-state index contributed by atoms with van der Waals surface area (Å²) in [4.78, 5) is 18.9. The summed E-state index contributed by atoms with van der Waals surface area (Å²) in [6.45, 7) is 2.16. The molecule has 0 bridgehead atoms. The van der Waals surface area contributed by atoms with Gasteiger partial charge in [0.1, 0.15) is 5.75 Å². The number of ether oxygens (including phenoxy) is 1. The van der Waals surface area contributed by atoms with Crippen LogP contribution in [0.4, 0.5) is 5.69 Å². The minimum atomic E-state index is -3.53. The van der Waals surface area contributed by atoms with Crippen LogP contribution >= 0.6 is 0 Å². The maximum Gasteiger partial charge on any atom is 0.264 e. The number of fused-ring (bicyclic) bond motifs is 1. The Balaban J connectivity index is 1.45. The van der Waals surface area contributed by atoms with Crippen molar-refractivity contribution in [2.24, 2.45) is 0 Å². The molecule has 1 amide bonds. The molecule has 0 aliphatic carbocycles. The molecular formula is C22H24N4O5S. The first kappa shape index (κ1) is 22.0. The molecule has 168 valence electrons. The van der Waals surface area contributed by atoms with E-state index in [1.807, 2.05) is 0 Å². The van der Waals surface area contributed by atoms with Crippen LogP contribution in [0, 0.1) is 6.92 Å². The number of aryl methyl sites for hydroxylation is 2. The van der Waals surface area contributed by atoms with Gasteiger partial charge < -0.3 is 14.2 Å². The van der Waals surface area contributed by atoms with E-state index in [-0.39, 0.29) is 17.4 Å². The van der Waals surface area contributed by atoms with Crippen molar-refractivity contribution in [1.29, 1.82) is 0 Å². The first-order chi connectivity index (χ1) is 15.3. The second-order valence-electron chi connectivity index (χ2n) is 7.68. The lowest BCUT2D eigenvalue weighted by atomic mass is 10.0. The van der Waals surface area contributed by atoms with E-state index in [4.69, 9.17) is 9.26 Å². The van der Waals surface area contributed by atoms with Gasteiger partial charge in [-0.3, -0.25) is 4.79 Å². The first-order valence-corrected chi connectivity index (χ1v) is 11.6. The second kappa shape index (κ2) is 8.71. The number of amides is 1. The third-order valence-electron chi connectivity index (χ3n) is 5.25. The molecule has 10 heteroatoms. The van der Waals surface area contributed by atoms with Gasteiger partial charge in [0, 0.05) is 38.8 Å². The molecule has 0 spiro atoms. The van der Waals surface area contributed by atoms with E-state index < -0.39 is 10.0 Å². The third kappa shape index (κ3) is 4.37. The van der Waals surface area contributed by atoms with E-state index in [1.165, 1.54) is 18.4 Å². The number of sulfonamides is 1. The van der Waals surface area contributed by atoms with Crippen LogP contribution in [0.25, 0.3) is 11.4 Å². The highest BCUT2D eigenvalue weighted by Crippen LogP contribution is 2.30. The lowest BCUT2D eigenvalue weighted by Gasteiger charge is -2.30. The molecule has 1 aliphatic heterocycles. The van der Waals surface area contributed by atoms with Gasteiger partial charge in [-0.05, 0) is 60.9 Å². The molecule has 0 atom stereocenters. The van der Waals surface area contributed by atoms with E-state index in [2.05, 4.69) is 10.1 Å². The molecule has 1 aliphatic rings. The van der Waals surface area contributed by atoms with E-state index in [0.717, 1.165) is 23.2 Å². The van der Waals surface area contributed by atoms with E-state index in [9.17, 15) is 13.2 Å². The lowest BCUT2D eigenvalue weighted by Crippen LogP contribution is -2.38. The Morgan fingerprint density at radius 3 is 2.59 bits per heavy atom. The van der Waals surface area contributed by atoms with E-state index in [0.29, 0.717) is 30.4 Å². The number of aromatic nitrogens is 2. The SMILES string of the molecule is Cc1nc(-c2ccc(OCC(=O)N3CCCc4cc(S(=O)(=O)N(C)C)ccc43)cc2)no1. The van der Waals surface area contributed by atoms with Gasteiger partial charge in [-0.15, -0.1) is 0 Å². The van der Waals surface area contributed by atoms with Gasteiger partial charge in [0.05, 0.1) is 4.90 Å². The summed E-state index contributed by atoms with van der Waals surface area (Å²) in [6.07, 6.45) is 1.47. The molecule has 0 saturated heterocycles. The predicted molar refractivity (Wildman–Crippen MR) is 118 cm³/mol. The second-order valence-corrected chi connectivity index (χ2v) is 9.83. The Morgan fingerprint density at radius 2 is 1.94 bits per heavy atom. The quantitative estimate of drug-likeness (QED) is 0.561. The van der Waals surface area contributed by atoms with Gasteiger partial charge in [0.15, 0.2) is 6.61 Å². The lowest BCUT2D eigenvalue weighted by molar-refractivity contribution is -0.120. The van der Waals surface area contributed by atoms with Crippen molar-refractivity contribution in [3.63, 3.8) is 0 Å². The average molecular weight is 457 g/mol. The molecule has 0 N–H and O–H groups in total. The Labute approximate surface area is 186 Å². The smallest absolute Gasteiger partial charge is 0.264 e. The first-order valence-electron chi connectivity index (χ1n) is 10.1. The zero-order valence-corrected chi connectivity index (χ0v) is 18.9. The molecule has 1 aromatic heterocycles. The molecule has 9 nitrogen and oxygen atoms in total. The van der Waals surface area contributed by atoms with Crippen molar-refractivity contribution >= 4 is 21.6 Å². The number of rotatable bonds is 6. The van der Waals surface area contributed by atoms with Crippen molar-refractivity contribution in [2.45, 2.75) is 24.7 Å². The standard InChI is InChI=1S/C22H24N4O5S/c1-15-23-22(24-31-15)16-6-8-18(9-7-16)30-14-21(27)26-12-4-5-17-13-19(10-11-20(17)26)32(28,29)25(2)3/h6-11,13H,4-5,12,14H2,1-3H3. The highest BCUT2D eigenvalue weighted by molar-refractivity contribution is 7.89. The molecule has 0 radical (unpaired) electrons. The van der Waals surface area contributed by atoms with Crippen LogP contribution in [0.1, 0.15) is 17.9 Å². The fourth-order valence-electron chi connectivity index (χ4n) is 3.54. The fraction of sp³-hybridized carbons (Fsp3) is 0.318. The summed E-state index contributed by atoms with van der Waals surface area (Å²) in [7, 11) is -0.531. The minimum Gasteiger partial charge on any atom is -0.484 e. The summed E-state index contributed by atoms with van der Waals surface area (Å²) in [5.74, 6) is 1.34. The maximum absolute atomic E-state index is 12.9. The van der Waals surface area contributed by atoms with Crippen LogP contribution in [0.3, 0.4) is 0 Å². The van der Waals surface area contributed by atoms with Crippen LogP contribution in [0.5, 0.6) is 5.75 Å². The predicted octanol–water partition coefficient (Wildman–Crippen LogP) is 2.65. The number of carbonyl (C=O) groups is 1. The van der Waals surface area contributed by atoms with Crippen LogP contribution in [-0.2, 0) is 21.2 Å².